The second-order valence-electron chi connectivity index (χ2n) is 4.67. The van der Waals surface area contributed by atoms with Crippen molar-refractivity contribution in [1.82, 2.24) is 0 Å². The topological polar surface area (TPSA) is 0 Å². The lowest BCUT2D eigenvalue weighted by Gasteiger charge is -2.21. The smallest absolute Gasteiger partial charge is 0.0175 e. The third-order valence-corrected chi connectivity index (χ3v) is 4.01. The Kier molecular flexibility index (Phi) is 4.25. The maximum absolute atomic E-state index is 3.47. The molecule has 0 heterocycles. The molecule has 0 saturated heterocycles. The highest BCUT2D eigenvalue weighted by atomic mass is 79.9. The van der Waals surface area contributed by atoms with Crippen LogP contribution < -0.4 is 0 Å². The van der Waals surface area contributed by atoms with Gasteiger partial charge in [0.25, 0.3) is 0 Å². The van der Waals surface area contributed by atoms with Crippen LogP contribution in [-0.2, 0) is 6.42 Å². The highest BCUT2D eigenvalue weighted by Gasteiger charge is 2.12. The van der Waals surface area contributed by atoms with Gasteiger partial charge >= 0.3 is 0 Å². The van der Waals surface area contributed by atoms with E-state index in [2.05, 4.69) is 40.2 Å². The second kappa shape index (κ2) is 5.69. The summed E-state index contributed by atoms with van der Waals surface area (Å²) in [6.45, 7) is 0. The van der Waals surface area contributed by atoms with E-state index in [1.807, 2.05) is 0 Å². The molecule has 0 N–H and O–H groups in total. The molecule has 1 aliphatic rings. The summed E-state index contributed by atoms with van der Waals surface area (Å²) in [5.41, 5.74) is 1.49. The lowest BCUT2D eigenvalue weighted by molar-refractivity contribution is 0.339. The number of halogens is 1. The summed E-state index contributed by atoms with van der Waals surface area (Å²) in [4.78, 5) is 0. The van der Waals surface area contributed by atoms with E-state index in [-0.39, 0.29) is 0 Å². The zero-order valence-electron chi connectivity index (χ0n) is 9.21. The van der Waals surface area contributed by atoms with Crippen molar-refractivity contribution in [3.05, 3.63) is 34.3 Å². The van der Waals surface area contributed by atoms with Crippen LogP contribution in [0.1, 0.15) is 44.1 Å². The first-order chi connectivity index (χ1) is 7.34. The SMILES string of the molecule is Brc1ccc(CCC2CCCCC2)cc1. The minimum absolute atomic E-state index is 1.00. The Balaban J connectivity index is 1.79. The van der Waals surface area contributed by atoms with Crippen LogP contribution in [-0.4, -0.2) is 0 Å². The molecule has 0 atom stereocenters. The average molecular weight is 267 g/mol. The van der Waals surface area contributed by atoms with Gasteiger partial charge in [-0.25, -0.2) is 0 Å². The van der Waals surface area contributed by atoms with Gasteiger partial charge < -0.3 is 0 Å². The lowest BCUT2D eigenvalue weighted by atomic mass is 9.85. The highest BCUT2D eigenvalue weighted by Crippen LogP contribution is 2.27. The molecule has 1 fully saturated rings. The minimum Gasteiger partial charge on any atom is -0.0579 e. The minimum atomic E-state index is 1.00. The van der Waals surface area contributed by atoms with Gasteiger partial charge in [-0.3, -0.25) is 0 Å². The number of aryl methyl sites for hydroxylation is 1. The first kappa shape index (κ1) is 11.2. The van der Waals surface area contributed by atoms with Crippen LogP contribution in [0.25, 0.3) is 0 Å². The first-order valence-electron chi connectivity index (χ1n) is 6.09. The molecule has 1 aromatic carbocycles. The number of hydrogen-bond donors (Lipinski definition) is 0. The molecule has 82 valence electrons. The lowest BCUT2D eigenvalue weighted by Crippen LogP contribution is -2.07. The fourth-order valence-electron chi connectivity index (χ4n) is 2.50. The van der Waals surface area contributed by atoms with E-state index in [0.29, 0.717) is 0 Å². The molecule has 0 spiro atoms. The van der Waals surface area contributed by atoms with Gasteiger partial charge in [0.2, 0.25) is 0 Å². The summed E-state index contributed by atoms with van der Waals surface area (Å²) in [5, 5.41) is 0. The highest BCUT2D eigenvalue weighted by molar-refractivity contribution is 9.10. The van der Waals surface area contributed by atoms with Crippen LogP contribution in [0.4, 0.5) is 0 Å². The van der Waals surface area contributed by atoms with Gasteiger partial charge in [-0.05, 0) is 36.5 Å². The Labute approximate surface area is 101 Å². The zero-order valence-corrected chi connectivity index (χ0v) is 10.8. The standard InChI is InChI=1S/C14H19Br/c15-14-10-8-13(9-11-14)7-6-12-4-2-1-3-5-12/h8-12H,1-7H2. The number of hydrogen-bond acceptors (Lipinski definition) is 0. The van der Waals surface area contributed by atoms with Crippen molar-refractivity contribution in [2.24, 2.45) is 5.92 Å². The maximum atomic E-state index is 3.47. The molecule has 1 saturated carbocycles. The van der Waals surface area contributed by atoms with E-state index < -0.39 is 0 Å². The molecule has 0 nitrogen and oxygen atoms in total. The molecule has 0 bridgehead atoms. The largest absolute Gasteiger partial charge is 0.0579 e. The van der Waals surface area contributed by atoms with Crippen molar-refractivity contribution in [1.29, 1.82) is 0 Å². The zero-order chi connectivity index (χ0) is 10.5. The fraction of sp³-hybridized carbons (Fsp3) is 0.571. The number of rotatable bonds is 3. The molecule has 0 unspecified atom stereocenters. The average Bonchev–Trinajstić information content (AvgIpc) is 2.30. The molecule has 1 heteroatoms. The summed E-state index contributed by atoms with van der Waals surface area (Å²) >= 11 is 3.47. The van der Waals surface area contributed by atoms with Gasteiger partial charge in [0, 0.05) is 4.47 Å². The van der Waals surface area contributed by atoms with Crippen LogP contribution in [0, 0.1) is 5.92 Å². The van der Waals surface area contributed by atoms with Crippen molar-refractivity contribution in [2.45, 2.75) is 44.9 Å². The Morgan fingerprint density at radius 3 is 2.33 bits per heavy atom. The van der Waals surface area contributed by atoms with E-state index >= 15 is 0 Å². The Hall–Kier alpha value is -0.300. The van der Waals surface area contributed by atoms with Crippen LogP contribution in [0.2, 0.25) is 0 Å². The van der Waals surface area contributed by atoms with E-state index in [1.54, 1.807) is 0 Å². The summed E-state index contributed by atoms with van der Waals surface area (Å²) in [6, 6.07) is 8.78. The van der Waals surface area contributed by atoms with Crippen LogP contribution >= 0.6 is 15.9 Å². The number of benzene rings is 1. The Morgan fingerprint density at radius 2 is 1.67 bits per heavy atom. The van der Waals surface area contributed by atoms with Crippen molar-refractivity contribution < 1.29 is 0 Å². The molecule has 1 aliphatic carbocycles. The van der Waals surface area contributed by atoms with Gasteiger partial charge in [0.15, 0.2) is 0 Å². The van der Waals surface area contributed by atoms with E-state index in [4.69, 9.17) is 0 Å². The monoisotopic (exact) mass is 266 g/mol. The molecule has 0 aromatic heterocycles. The van der Waals surface area contributed by atoms with Crippen molar-refractivity contribution >= 4 is 15.9 Å². The first-order valence-corrected chi connectivity index (χ1v) is 6.88. The quantitative estimate of drug-likeness (QED) is 0.726. The predicted octanol–water partition coefficient (Wildman–Crippen LogP) is 4.96. The van der Waals surface area contributed by atoms with Gasteiger partial charge in [-0.1, -0.05) is 60.2 Å². The third-order valence-electron chi connectivity index (χ3n) is 3.48. The van der Waals surface area contributed by atoms with Crippen molar-refractivity contribution in [3.63, 3.8) is 0 Å². The van der Waals surface area contributed by atoms with Gasteiger partial charge in [-0.2, -0.15) is 0 Å². The maximum Gasteiger partial charge on any atom is 0.0175 e. The summed E-state index contributed by atoms with van der Waals surface area (Å²) in [6.07, 6.45) is 9.98. The summed E-state index contributed by atoms with van der Waals surface area (Å²) < 4.78 is 1.18. The van der Waals surface area contributed by atoms with Crippen LogP contribution in [0.5, 0.6) is 0 Å². The molecule has 15 heavy (non-hydrogen) atoms. The van der Waals surface area contributed by atoms with E-state index in [9.17, 15) is 0 Å². The molecular formula is C14H19Br. The van der Waals surface area contributed by atoms with Gasteiger partial charge in [0.1, 0.15) is 0 Å². The predicted molar refractivity (Wildman–Crippen MR) is 69.0 cm³/mol. The van der Waals surface area contributed by atoms with Crippen molar-refractivity contribution in [3.8, 4) is 0 Å². The second-order valence-corrected chi connectivity index (χ2v) is 5.58. The summed E-state index contributed by atoms with van der Waals surface area (Å²) in [7, 11) is 0. The molecule has 0 radical (unpaired) electrons. The fourth-order valence-corrected chi connectivity index (χ4v) is 2.76. The van der Waals surface area contributed by atoms with Crippen LogP contribution in [0.15, 0.2) is 28.7 Å². The van der Waals surface area contributed by atoms with Gasteiger partial charge in [-0.15, -0.1) is 0 Å². The molecule has 0 amide bonds. The Bertz CT molecular complexity index is 283. The Morgan fingerprint density at radius 1 is 1.00 bits per heavy atom. The summed E-state index contributed by atoms with van der Waals surface area (Å²) in [5.74, 6) is 1.00. The van der Waals surface area contributed by atoms with Crippen LogP contribution in [0.3, 0.4) is 0 Å². The van der Waals surface area contributed by atoms with Gasteiger partial charge in [0.05, 0.1) is 0 Å². The third kappa shape index (κ3) is 3.64. The molecule has 2 rings (SSSR count). The molecule has 1 aromatic rings. The van der Waals surface area contributed by atoms with E-state index in [0.717, 1.165) is 5.92 Å². The normalized spacial score (nSPS) is 17.9. The molecule has 0 aliphatic heterocycles. The molecular weight excluding hydrogens is 248 g/mol. The van der Waals surface area contributed by atoms with E-state index in [1.165, 1.54) is 55.0 Å². The van der Waals surface area contributed by atoms with Crippen molar-refractivity contribution in [2.75, 3.05) is 0 Å².